The fourth-order valence-electron chi connectivity index (χ4n) is 3.46. The molecule has 1 atom stereocenters. The van der Waals surface area contributed by atoms with Crippen LogP contribution < -0.4 is 15.4 Å². The van der Waals surface area contributed by atoms with Crippen molar-refractivity contribution in [1.82, 2.24) is 25.5 Å². The van der Waals surface area contributed by atoms with Gasteiger partial charge in [-0.3, -0.25) is 0 Å². The predicted molar refractivity (Wildman–Crippen MR) is 109 cm³/mol. The molecule has 1 aromatic heterocycles. The highest BCUT2D eigenvalue weighted by Crippen LogP contribution is 2.21. The Hall–Kier alpha value is -3.06. The molecule has 1 fully saturated rings. The number of urea groups is 1. The first-order chi connectivity index (χ1) is 13.7. The van der Waals surface area contributed by atoms with Crippen molar-refractivity contribution in [2.45, 2.75) is 12.5 Å². The minimum Gasteiger partial charge on any atom is -0.497 e. The number of hydrogen-bond acceptors (Lipinski definition) is 4. The van der Waals surface area contributed by atoms with Crippen molar-refractivity contribution >= 4 is 17.1 Å². The van der Waals surface area contributed by atoms with Crippen molar-refractivity contribution in [3.63, 3.8) is 0 Å². The van der Waals surface area contributed by atoms with E-state index in [0.717, 1.165) is 41.3 Å². The summed E-state index contributed by atoms with van der Waals surface area (Å²) in [6.45, 7) is 3.06. The number of rotatable bonds is 5. The molecule has 3 N–H and O–H groups in total. The quantitative estimate of drug-likeness (QED) is 0.636. The summed E-state index contributed by atoms with van der Waals surface area (Å²) in [7, 11) is 1.65. The van der Waals surface area contributed by atoms with E-state index in [9.17, 15) is 4.79 Å². The number of amides is 2. The highest BCUT2D eigenvalue weighted by molar-refractivity contribution is 5.76. The molecule has 3 aromatic rings. The molecule has 0 spiro atoms. The highest BCUT2D eigenvalue weighted by atomic mass is 16.5. The minimum absolute atomic E-state index is 0.0551. The molecule has 1 aliphatic heterocycles. The number of methoxy groups -OCH3 is 1. The second-order valence-electron chi connectivity index (χ2n) is 6.93. The van der Waals surface area contributed by atoms with Crippen LogP contribution >= 0.6 is 0 Å². The summed E-state index contributed by atoms with van der Waals surface area (Å²) >= 11 is 0. The van der Waals surface area contributed by atoms with Gasteiger partial charge in [-0.1, -0.05) is 24.3 Å². The Morgan fingerprint density at radius 1 is 1.18 bits per heavy atom. The third kappa shape index (κ3) is 4.09. The summed E-state index contributed by atoms with van der Waals surface area (Å²) in [5.74, 6) is 1.58. The third-order valence-corrected chi connectivity index (χ3v) is 5.04. The summed E-state index contributed by atoms with van der Waals surface area (Å²) < 4.78 is 5.24. The molecule has 1 saturated heterocycles. The number of aromatic nitrogens is 2. The normalized spacial score (nSPS) is 15.4. The van der Waals surface area contributed by atoms with Crippen LogP contribution in [0.3, 0.4) is 0 Å². The lowest BCUT2D eigenvalue weighted by atomic mass is 10.1. The molecule has 2 aromatic carbocycles. The van der Waals surface area contributed by atoms with E-state index >= 15 is 0 Å². The average Bonchev–Trinajstić information content (AvgIpc) is 3.18. The van der Waals surface area contributed by atoms with Crippen LogP contribution in [0.5, 0.6) is 5.75 Å². The minimum atomic E-state index is -0.247. The Morgan fingerprint density at radius 2 is 1.93 bits per heavy atom. The lowest BCUT2D eigenvalue weighted by Crippen LogP contribution is -2.51. The van der Waals surface area contributed by atoms with Gasteiger partial charge in [0.25, 0.3) is 0 Å². The Labute approximate surface area is 164 Å². The number of nitrogens with zero attached hydrogens (tertiary/aromatic N) is 2. The molecule has 0 unspecified atom stereocenters. The van der Waals surface area contributed by atoms with E-state index in [2.05, 4.69) is 15.6 Å². The molecule has 7 nitrogen and oxygen atoms in total. The Bertz CT molecular complexity index is 898. The summed E-state index contributed by atoms with van der Waals surface area (Å²) in [5.41, 5.74) is 2.97. The molecule has 1 aliphatic rings. The second-order valence-corrected chi connectivity index (χ2v) is 6.93. The van der Waals surface area contributed by atoms with Gasteiger partial charge in [0.2, 0.25) is 0 Å². The number of aromatic amines is 1. The molecule has 4 rings (SSSR count). The van der Waals surface area contributed by atoms with Gasteiger partial charge in [-0.05, 0) is 36.2 Å². The molecule has 0 bridgehead atoms. The van der Waals surface area contributed by atoms with Gasteiger partial charge in [-0.15, -0.1) is 0 Å². The largest absolute Gasteiger partial charge is 0.497 e. The Kier molecular flexibility index (Phi) is 5.43. The number of hydrogen-bond donors (Lipinski definition) is 3. The van der Waals surface area contributed by atoms with Crippen LogP contribution in [0, 0.1) is 0 Å². The first-order valence-corrected chi connectivity index (χ1v) is 9.56. The Morgan fingerprint density at radius 3 is 2.64 bits per heavy atom. The van der Waals surface area contributed by atoms with Crippen molar-refractivity contribution in [1.29, 1.82) is 0 Å². The number of carbonyl (C=O) groups is 1. The molecular formula is C21H25N5O2. The number of imidazole rings is 1. The lowest BCUT2D eigenvalue weighted by Gasteiger charge is -2.29. The van der Waals surface area contributed by atoms with Crippen LogP contribution in [-0.4, -0.2) is 54.2 Å². The zero-order chi connectivity index (χ0) is 19.3. The van der Waals surface area contributed by atoms with Gasteiger partial charge in [0, 0.05) is 26.2 Å². The van der Waals surface area contributed by atoms with Crippen LogP contribution in [0.1, 0.15) is 17.4 Å². The molecular weight excluding hydrogens is 354 g/mol. The maximum absolute atomic E-state index is 12.8. The van der Waals surface area contributed by atoms with Gasteiger partial charge in [-0.25, -0.2) is 9.78 Å². The zero-order valence-corrected chi connectivity index (χ0v) is 15.9. The van der Waals surface area contributed by atoms with Crippen molar-refractivity contribution in [2.75, 3.05) is 33.3 Å². The van der Waals surface area contributed by atoms with E-state index < -0.39 is 0 Å². The fraction of sp³-hybridized carbons (Fsp3) is 0.333. The van der Waals surface area contributed by atoms with Gasteiger partial charge in [-0.2, -0.15) is 0 Å². The number of benzene rings is 2. The fourth-order valence-corrected chi connectivity index (χ4v) is 3.46. The predicted octanol–water partition coefficient (Wildman–Crippen LogP) is 2.47. The summed E-state index contributed by atoms with van der Waals surface area (Å²) in [4.78, 5) is 22.7. The number of carbonyl (C=O) groups excluding carboxylic acids is 1. The monoisotopic (exact) mass is 379 g/mol. The van der Waals surface area contributed by atoms with E-state index in [1.165, 1.54) is 0 Å². The summed E-state index contributed by atoms with van der Waals surface area (Å²) in [6, 6.07) is 15.5. The molecule has 7 heteroatoms. The second kappa shape index (κ2) is 8.31. The molecule has 0 radical (unpaired) electrons. The summed E-state index contributed by atoms with van der Waals surface area (Å²) in [5, 5.41) is 6.45. The topological polar surface area (TPSA) is 82.3 Å². The number of piperazine rings is 1. The third-order valence-electron chi connectivity index (χ3n) is 5.04. The van der Waals surface area contributed by atoms with Crippen molar-refractivity contribution in [3.8, 4) is 5.75 Å². The molecule has 0 aliphatic carbocycles. The van der Waals surface area contributed by atoms with Gasteiger partial charge < -0.3 is 25.3 Å². The van der Waals surface area contributed by atoms with Crippen LogP contribution in [0.4, 0.5) is 4.79 Å². The van der Waals surface area contributed by atoms with E-state index in [-0.39, 0.29) is 12.1 Å². The molecule has 0 saturated carbocycles. The smallest absolute Gasteiger partial charge is 0.318 e. The van der Waals surface area contributed by atoms with Gasteiger partial charge >= 0.3 is 6.03 Å². The Balaban J connectivity index is 1.58. The van der Waals surface area contributed by atoms with E-state index in [1.807, 2.05) is 53.4 Å². The van der Waals surface area contributed by atoms with Gasteiger partial charge in [0.15, 0.2) is 0 Å². The van der Waals surface area contributed by atoms with Crippen LogP contribution in [0.15, 0.2) is 48.5 Å². The number of ether oxygens (including phenoxy) is 1. The van der Waals surface area contributed by atoms with E-state index in [0.29, 0.717) is 19.5 Å². The number of nitrogens with one attached hydrogen (secondary N) is 3. The maximum atomic E-state index is 12.8. The molecule has 2 heterocycles. The van der Waals surface area contributed by atoms with Gasteiger partial charge in [0.1, 0.15) is 11.6 Å². The first kappa shape index (κ1) is 18.3. The molecule has 146 valence electrons. The first-order valence-electron chi connectivity index (χ1n) is 9.56. The maximum Gasteiger partial charge on any atom is 0.318 e. The number of para-hydroxylation sites is 2. The SMILES string of the molecule is COc1ccc(C[C@@H](NC(=O)N2CCNCC2)c2nc3ccccc3[nH]2)cc1. The van der Waals surface area contributed by atoms with Crippen molar-refractivity contribution in [2.24, 2.45) is 0 Å². The average molecular weight is 379 g/mol. The van der Waals surface area contributed by atoms with Crippen LogP contribution in [-0.2, 0) is 6.42 Å². The molecule has 2 amide bonds. The van der Waals surface area contributed by atoms with Gasteiger partial charge in [0.05, 0.1) is 24.2 Å². The standard InChI is InChI=1S/C21H25N5O2/c1-28-16-8-6-15(7-9-16)14-19(25-21(27)26-12-10-22-11-13-26)20-23-17-4-2-3-5-18(17)24-20/h2-9,19,22H,10-14H2,1H3,(H,23,24)(H,25,27)/t19-/m1/s1. The zero-order valence-electron chi connectivity index (χ0n) is 15.9. The molecule has 28 heavy (non-hydrogen) atoms. The lowest BCUT2D eigenvalue weighted by molar-refractivity contribution is 0.185. The van der Waals surface area contributed by atoms with Crippen LogP contribution in [0.25, 0.3) is 11.0 Å². The van der Waals surface area contributed by atoms with Crippen LogP contribution in [0.2, 0.25) is 0 Å². The number of H-pyrrole nitrogens is 1. The van der Waals surface area contributed by atoms with E-state index in [1.54, 1.807) is 7.11 Å². The van der Waals surface area contributed by atoms with Crippen molar-refractivity contribution < 1.29 is 9.53 Å². The van der Waals surface area contributed by atoms with E-state index in [4.69, 9.17) is 9.72 Å². The summed E-state index contributed by atoms with van der Waals surface area (Å²) in [6.07, 6.45) is 0.641. The number of fused-ring (bicyclic) bond motifs is 1. The van der Waals surface area contributed by atoms with Crippen molar-refractivity contribution in [3.05, 3.63) is 59.9 Å². The highest BCUT2D eigenvalue weighted by Gasteiger charge is 2.23.